The van der Waals surface area contributed by atoms with Gasteiger partial charge in [-0.15, -0.1) is 0 Å². The topological polar surface area (TPSA) is 43.1 Å². The second-order valence-electron chi connectivity index (χ2n) is 5.29. The summed E-state index contributed by atoms with van der Waals surface area (Å²) in [6, 6.07) is 0.297. The summed E-state index contributed by atoms with van der Waals surface area (Å²) in [5.74, 6) is 0.732. The average Bonchev–Trinajstić information content (AvgIpc) is 2.98. The number of allylic oxidation sites excluding steroid dienone is 2. The molecule has 2 nitrogen and oxygen atoms in total. The number of hydrogen-bond donors (Lipinski definition) is 1. The van der Waals surface area contributed by atoms with Crippen molar-refractivity contribution in [1.82, 2.24) is 0 Å². The highest BCUT2D eigenvalue weighted by Crippen LogP contribution is 2.31. The second-order valence-corrected chi connectivity index (χ2v) is 5.29. The lowest BCUT2D eigenvalue weighted by Gasteiger charge is -1.97. The largest absolute Gasteiger partial charge is 0.327 e. The van der Waals surface area contributed by atoms with Gasteiger partial charge in [0.1, 0.15) is 0 Å². The Morgan fingerprint density at radius 2 is 1.88 bits per heavy atom. The molecule has 0 aromatic rings. The normalized spacial score (nSPS) is 23.2. The molecule has 0 spiro atoms. The molecule has 1 rings (SSSR count). The molecule has 0 aromatic carbocycles. The zero-order valence-electron chi connectivity index (χ0n) is 11.2. The molecule has 0 aromatic heterocycles. The summed E-state index contributed by atoms with van der Waals surface area (Å²) in [5, 5.41) is 0. The third kappa shape index (κ3) is 7.32. The lowest BCUT2D eigenvalue weighted by atomic mass is 10.1. The Bertz CT molecular complexity index is 247. The lowest BCUT2D eigenvalue weighted by molar-refractivity contribution is -0.114. The Labute approximate surface area is 106 Å². The summed E-state index contributed by atoms with van der Waals surface area (Å²) in [5.41, 5.74) is 5.67. The molecule has 0 heterocycles. The third-order valence-electron chi connectivity index (χ3n) is 3.47. The van der Waals surface area contributed by atoms with Crippen molar-refractivity contribution in [3.05, 3.63) is 12.2 Å². The van der Waals surface area contributed by atoms with E-state index in [1.54, 1.807) is 6.08 Å². The maximum absolute atomic E-state index is 11.5. The minimum Gasteiger partial charge on any atom is -0.327 e. The molecule has 0 unspecified atom stereocenters. The van der Waals surface area contributed by atoms with Gasteiger partial charge < -0.3 is 5.73 Å². The molecule has 0 aliphatic heterocycles. The molecule has 0 amide bonds. The van der Waals surface area contributed by atoms with Gasteiger partial charge >= 0.3 is 0 Å². The van der Waals surface area contributed by atoms with Gasteiger partial charge in [0.15, 0.2) is 5.78 Å². The van der Waals surface area contributed by atoms with Crippen molar-refractivity contribution < 1.29 is 4.79 Å². The van der Waals surface area contributed by atoms with Crippen molar-refractivity contribution in [3.63, 3.8) is 0 Å². The molecule has 17 heavy (non-hydrogen) atoms. The fourth-order valence-electron chi connectivity index (χ4n) is 2.09. The van der Waals surface area contributed by atoms with Crippen LogP contribution in [0.3, 0.4) is 0 Å². The van der Waals surface area contributed by atoms with Crippen LogP contribution in [-0.2, 0) is 4.79 Å². The Balaban J connectivity index is 1.89. The van der Waals surface area contributed by atoms with Gasteiger partial charge in [-0.3, -0.25) is 4.79 Å². The van der Waals surface area contributed by atoms with E-state index in [2.05, 4.69) is 6.92 Å². The molecular formula is C15H27NO. The lowest BCUT2D eigenvalue weighted by Crippen LogP contribution is -2.04. The summed E-state index contributed by atoms with van der Waals surface area (Å²) in [7, 11) is 0. The first kappa shape index (κ1) is 14.4. The highest BCUT2D eigenvalue weighted by molar-refractivity contribution is 5.90. The standard InChI is InChI=1S/C15H27NO/c1-2-3-4-5-6-7-8-9-10-14(17)11-13-12-15(13)16/h9-10,13,15H,2-8,11-12,16H2,1H3/b10-9+/t13-,15-/m1/s1. The number of hydrogen-bond acceptors (Lipinski definition) is 2. The van der Waals surface area contributed by atoms with E-state index in [4.69, 9.17) is 5.73 Å². The first-order valence-electron chi connectivity index (χ1n) is 7.19. The summed E-state index contributed by atoms with van der Waals surface area (Å²) < 4.78 is 0. The monoisotopic (exact) mass is 237 g/mol. The van der Waals surface area contributed by atoms with E-state index in [1.807, 2.05) is 6.08 Å². The van der Waals surface area contributed by atoms with Gasteiger partial charge in [0, 0.05) is 12.5 Å². The van der Waals surface area contributed by atoms with Crippen LogP contribution in [0, 0.1) is 5.92 Å². The molecule has 0 saturated heterocycles. The second kappa shape index (κ2) is 8.46. The zero-order chi connectivity index (χ0) is 12.5. The molecule has 98 valence electrons. The van der Waals surface area contributed by atoms with Crippen LogP contribution in [0.1, 0.15) is 64.7 Å². The molecular weight excluding hydrogens is 210 g/mol. The highest BCUT2D eigenvalue weighted by atomic mass is 16.1. The molecule has 2 N–H and O–H groups in total. The van der Waals surface area contributed by atoms with Crippen molar-refractivity contribution in [2.75, 3.05) is 0 Å². The van der Waals surface area contributed by atoms with Crippen LogP contribution in [0.4, 0.5) is 0 Å². The van der Waals surface area contributed by atoms with E-state index >= 15 is 0 Å². The number of nitrogens with two attached hydrogens (primary N) is 1. The molecule has 1 saturated carbocycles. The molecule has 1 aliphatic rings. The van der Waals surface area contributed by atoms with Crippen molar-refractivity contribution in [2.45, 2.75) is 70.8 Å². The van der Waals surface area contributed by atoms with Gasteiger partial charge in [0.05, 0.1) is 0 Å². The number of rotatable bonds is 10. The molecule has 1 aliphatic carbocycles. The number of carbonyl (C=O) groups is 1. The van der Waals surface area contributed by atoms with Gasteiger partial charge in [0.2, 0.25) is 0 Å². The maximum atomic E-state index is 11.5. The van der Waals surface area contributed by atoms with Crippen LogP contribution < -0.4 is 5.73 Å². The fraction of sp³-hybridized carbons (Fsp3) is 0.800. The number of carbonyl (C=O) groups excluding carboxylic acids is 1. The smallest absolute Gasteiger partial charge is 0.155 e. The minimum absolute atomic E-state index is 0.258. The Morgan fingerprint density at radius 3 is 2.53 bits per heavy atom. The molecule has 2 atom stereocenters. The minimum atomic E-state index is 0.258. The average molecular weight is 237 g/mol. The van der Waals surface area contributed by atoms with E-state index in [-0.39, 0.29) is 5.78 Å². The maximum Gasteiger partial charge on any atom is 0.155 e. The van der Waals surface area contributed by atoms with Crippen molar-refractivity contribution in [3.8, 4) is 0 Å². The SMILES string of the molecule is CCCCCCCC/C=C/C(=O)C[C@@H]1C[C@H]1N. The van der Waals surface area contributed by atoms with Crippen molar-refractivity contribution in [1.29, 1.82) is 0 Å². The van der Waals surface area contributed by atoms with E-state index in [1.165, 1.54) is 38.5 Å². The third-order valence-corrected chi connectivity index (χ3v) is 3.47. The quantitative estimate of drug-likeness (QED) is 0.466. The van der Waals surface area contributed by atoms with E-state index < -0.39 is 0 Å². The Morgan fingerprint density at radius 1 is 1.24 bits per heavy atom. The van der Waals surface area contributed by atoms with Crippen LogP contribution in [0.25, 0.3) is 0 Å². The van der Waals surface area contributed by atoms with Gasteiger partial charge in [-0.1, -0.05) is 45.1 Å². The van der Waals surface area contributed by atoms with E-state index in [0.29, 0.717) is 18.4 Å². The zero-order valence-corrected chi connectivity index (χ0v) is 11.2. The van der Waals surface area contributed by atoms with Gasteiger partial charge in [-0.05, 0) is 31.3 Å². The highest BCUT2D eigenvalue weighted by Gasteiger charge is 2.34. The summed E-state index contributed by atoms with van der Waals surface area (Å²) in [6.07, 6.45) is 14.4. The van der Waals surface area contributed by atoms with Crippen LogP contribution in [-0.4, -0.2) is 11.8 Å². The van der Waals surface area contributed by atoms with Gasteiger partial charge in [-0.2, -0.15) is 0 Å². The number of ketones is 1. The Hall–Kier alpha value is -0.630. The summed E-state index contributed by atoms with van der Waals surface area (Å²) in [6.45, 7) is 2.24. The predicted molar refractivity (Wildman–Crippen MR) is 72.8 cm³/mol. The van der Waals surface area contributed by atoms with Crippen molar-refractivity contribution in [2.24, 2.45) is 11.7 Å². The molecule has 1 fully saturated rings. The first-order valence-corrected chi connectivity index (χ1v) is 7.19. The van der Waals surface area contributed by atoms with Crippen molar-refractivity contribution >= 4 is 5.78 Å². The molecule has 0 radical (unpaired) electrons. The fourth-order valence-corrected chi connectivity index (χ4v) is 2.09. The first-order chi connectivity index (χ1) is 8.24. The molecule has 0 bridgehead atoms. The summed E-state index contributed by atoms with van der Waals surface area (Å²) in [4.78, 5) is 11.5. The van der Waals surface area contributed by atoms with Crippen LogP contribution in [0.5, 0.6) is 0 Å². The number of unbranched alkanes of at least 4 members (excludes halogenated alkanes) is 6. The van der Waals surface area contributed by atoms with Gasteiger partial charge in [-0.25, -0.2) is 0 Å². The molecule has 2 heteroatoms. The Kier molecular flexibility index (Phi) is 7.18. The van der Waals surface area contributed by atoms with Crippen LogP contribution >= 0.6 is 0 Å². The van der Waals surface area contributed by atoms with Crippen LogP contribution in [0.2, 0.25) is 0 Å². The van der Waals surface area contributed by atoms with E-state index in [9.17, 15) is 4.79 Å². The van der Waals surface area contributed by atoms with Gasteiger partial charge in [0.25, 0.3) is 0 Å². The van der Waals surface area contributed by atoms with Crippen LogP contribution in [0.15, 0.2) is 12.2 Å². The van der Waals surface area contributed by atoms with E-state index in [0.717, 1.165) is 12.8 Å². The predicted octanol–water partition coefficient (Wildman–Crippen LogP) is 3.60. The summed E-state index contributed by atoms with van der Waals surface area (Å²) >= 11 is 0.